The molecule has 0 spiro atoms. The Labute approximate surface area is 107 Å². The van der Waals surface area contributed by atoms with Gasteiger partial charge in [-0.15, -0.1) is 0 Å². The highest BCUT2D eigenvalue weighted by molar-refractivity contribution is 5.86. The predicted octanol–water partition coefficient (Wildman–Crippen LogP) is -0.0419. The number of aliphatic hydroxyl groups excluding tert-OH is 1. The third-order valence-electron chi connectivity index (χ3n) is 3.48. The van der Waals surface area contributed by atoms with Crippen LogP contribution < -0.4 is 16.4 Å². The second-order valence-electron chi connectivity index (χ2n) is 5.42. The van der Waals surface area contributed by atoms with Crippen LogP contribution in [0, 0.1) is 11.3 Å². The van der Waals surface area contributed by atoms with E-state index in [-0.39, 0.29) is 23.8 Å². The standard InChI is InChI=1S/C12H23N3O3/c1-8(2)9(15-11(13)18)10(17)14-7-12(3-4-12)5-6-16/h8-9,16H,3-7H2,1-2H3,(H,14,17)(H3,13,15,18). The van der Waals surface area contributed by atoms with Crippen LogP contribution in [-0.2, 0) is 4.79 Å². The molecule has 0 aliphatic heterocycles. The molecule has 0 aromatic heterocycles. The third-order valence-corrected chi connectivity index (χ3v) is 3.48. The molecule has 1 aliphatic carbocycles. The van der Waals surface area contributed by atoms with E-state index in [4.69, 9.17) is 10.8 Å². The fourth-order valence-corrected chi connectivity index (χ4v) is 2.00. The number of hydrogen-bond donors (Lipinski definition) is 4. The Bertz CT molecular complexity index is 314. The van der Waals surface area contributed by atoms with Crippen molar-refractivity contribution in [2.45, 2.75) is 39.2 Å². The predicted molar refractivity (Wildman–Crippen MR) is 67.7 cm³/mol. The van der Waals surface area contributed by atoms with Crippen LogP contribution in [0.3, 0.4) is 0 Å². The van der Waals surface area contributed by atoms with Crippen LogP contribution in [0.1, 0.15) is 33.1 Å². The van der Waals surface area contributed by atoms with Gasteiger partial charge in [-0.3, -0.25) is 4.79 Å². The van der Waals surface area contributed by atoms with Gasteiger partial charge in [-0.1, -0.05) is 13.8 Å². The first-order chi connectivity index (χ1) is 8.40. The highest BCUT2D eigenvalue weighted by Crippen LogP contribution is 2.47. The van der Waals surface area contributed by atoms with E-state index >= 15 is 0 Å². The summed E-state index contributed by atoms with van der Waals surface area (Å²) in [5.74, 6) is -0.237. The number of urea groups is 1. The SMILES string of the molecule is CC(C)C(NC(N)=O)C(=O)NCC1(CCO)CC1. The van der Waals surface area contributed by atoms with Gasteiger partial charge in [0.25, 0.3) is 0 Å². The lowest BCUT2D eigenvalue weighted by Crippen LogP contribution is -2.52. The largest absolute Gasteiger partial charge is 0.396 e. The summed E-state index contributed by atoms with van der Waals surface area (Å²) in [5, 5.41) is 14.2. The second kappa shape index (κ2) is 6.04. The van der Waals surface area contributed by atoms with Crippen molar-refractivity contribution in [3.8, 4) is 0 Å². The fraction of sp³-hybridized carbons (Fsp3) is 0.833. The summed E-state index contributed by atoms with van der Waals surface area (Å²) in [5.41, 5.74) is 5.12. The number of rotatable bonds is 7. The Morgan fingerprint density at radius 1 is 1.39 bits per heavy atom. The smallest absolute Gasteiger partial charge is 0.312 e. The van der Waals surface area contributed by atoms with Gasteiger partial charge in [-0.25, -0.2) is 4.79 Å². The molecular weight excluding hydrogens is 234 g/mol. The Hall–Kier alpha value is -1.30. The normalized spacial score (nSPS) is 18.2. The van der Waals surface area contributed by atoms with E-state index in [1.54, 1.807) is 0 Å². The lowest BCUT2D eigenvalue weighted by molar-refractivity contribution is -0.124. The molecule has 1 fully saturated rings. The van der Waals surface area contributed by atoms with Crippen molar-refractivity contribution in [3.05, 3.63) is 0 Å². The Kier molecular flexibility index (Phi) is 4.95. The van der Waals surface area contributed by atoms with Crippen molar-refractivity contribution in [2.75, 3.05) is 13.2 Å². The lowest BCUT2D eigenvalue weighted by Gasteiger charge is -2.22. The Morgan fingerprint density at radius 3 is 2.39 bits per heavy atom. The van der Waals surface area contributed by atoms with E-state index in [1.165, 1.54) is 0 Å². The maximum atomic E-state index is 12.0. The van der Waals surface area contributed by atoms with Crippen LogP contribution in [-0.4, -0.2) is 36.2 Å². The summed E-state index contributed by atoms with van der Waals surface area (Å²) in [4.78, 5) is 22.8. The summed E-state index contributed by atoms with van der Waals surface area (Å²) < 4.78 is 0. The number of nitrogens with one attached hydrogen (secondary N) is 2. The van der Waals surface area contributed by atoms with E-state index in [1.807, 2.05) is 13.8 Å². The van der Waals surface area contributed by atoms with Gasteiger partial charge in [0.05, 0.1) is 0 Å². The molecule has 6 nitrogen and oxygen atoms in total. The molecule has 18 heavy (non-hydrogen) atoms. The fourth-order valence-electron chi connectivity index (χ4n) is 2.00. The van der Waals surface area contributed by atoms with Crippen LogP contribution in [0.15, 0.2) is 0 Å². The number of carbonyl (C=O) groups excluding carboxylic acids is 2. The first-order valence-electron chi connectivity index (χ1n) is 6.35. The molecule has 1 rings (SSSR count). The zero-order valence-electron chi connectivity index (χ0n) is 11.0. The van der Waals surface area contributed by atoms with Crippen molar-refractivity contribution >= 4 is 11.9 Å². The van der Waals surface area contributed by atoms with E-state index in [2.05, 4.69) is 10.6 Å². The molecule has 1 aliphatic rings. The van der Waals surface area contributed by atoms with E-state index < -0.39 is 12.1 Å². The molecular formula is C12H23N3O3. The first kappa shape index (κ1) is 14.8. The molecule has 0 radical (unpaired) electrons. The molecule has 0 heterocycles. The van der Waals surface area contributed by atoms with Gasteiger partial charge < -0.3 is 21.5 Å². The number of carbonyl (C=O) groups is 2. The van der Waals surface area contributed by atoms with Crippen LogP contribution in [0.2, 0.25) is 0 Å². The first-order valence-corrected chi connectivity index (χ1v) is 6.35. The average molecular weight is 257 g/mol. The highest BCUT2D eigenvalue weighted by Gasteiger charge is 2.42. The van der Waals surface area contributed by atoms with Gasteiger partial charge in [0.1, 0.15) is 6.04 Å². The molecule has 0 aromatic rings. The maximum absolute atomic E-state index is 12.0. The molecule has 1 saturated carbocycles. The Morgan fingerprint density at radius 2 is 2.00 bits per heavy atom. The number of primary amides is 1. The van der Waals surface area contributed by atoms with Gasteiger partial charge in [0, 0.05) is 13.2 Å². The van der Waals surface area contributed by atoms with Crippen LogP contribution in [0.5, 0.6) is 0 Å². The summed E-state index contributed by atoms with van der Waals surface area (Å²) in [6.45, 7) is 4.39. The maximum Gasteiger partial charge on any atom is 0.312 e. The van der Waals surface area contributed by atoms with Gasteiger partial charge >= 0.3 is 6.03 Å². The minimum Gasteiger partial charge on any atom is -0.396 e. The third kappa shape index (κ3) is 4.18. The van der Waals surface area contributed by atoms with Crippen LogP contribution >= 0.6 is 0 Å². The van der Waals surface area contributed by atoms with E-state index in [0.717, 1.165) is 12.8 Å². The summed E-state index contributed by atoms with van der Waals surface area (Å²) in [6.07, 6.45) is 2.77. The Balaban J connectivity index is 2.44. The molecule has 0 bridgehead atoms. The second-order valence-corrected chi connectivity index (χ2v) is 5.42. The molecule has 0 saturated heterocycles. The van der Waals surface area contributed by atoms with E-state index in [9.17, 15) is 9.59 Å². The molecule has 5 N–H and O–H groups in total. The number of amides is 3. The van der Waals surface area contributed by atoms with Gasteiger partial charge in [0.2, 0.25) is 5.91 Å². The average Bonchev–Trinajstić information content (AvgIpc) is 3.03. The van der Waals surface area contributed by atoms with Crippen molar-refractivity contribution in [1.82, 2.24) is 10.6 Å². The van der Waals surface area contributed by atoms with Crippen molar-refractivity contribution in [3.63, 3.8) is 0 Å². The van der Waals surface area contributed by atoms with Crippen LogP contribution in [0.25, 0.3) is 0 Å². The number of aliphatic hydroxyl groups is 1. The molecule has 104 valence electrons. The monoisotopic (exact) mass is 257 g/mol. The summed E-state index contributed by atoms with van der Waals surface area (Å²) >= 11 is 0. The van der Waals surface area contributed by atoms with Gasteiger partial charge in [-0.05, 0) is 30.6 Å². The molecule has 3 amide bonds. The quantitative estimate of drug-likeness (QED) is 0.514. The molecule has 1 unspecified atom stereocenters. The highest BCUT2D eigenvalue weighted by atomic mass is 16.3. The zero-order valence-corrected chi connectivity index (χ0v) is 11.0. The van der Waals surface area contributed by atoms with E-state index in [0.29, 0.717) is 13.0 Å². The molecule has 1 atom stereocenters. The van der Waals surface area contributed by atoms with Crippen molar-refractivity contribution < 1.29 is 14.7 Å². The summed E-state index contributed by atoms with van der Waals surface area (Å²) in [7, 11) is 0. The van der Waals surface area contributed by atoms with Gasteiger partial charge in [0.15, 0.2) is 0 Å². The van der Waals surface area contributed by atoms with Crippen LogP contribution in [0.4, 0.5) is 4.79 Å². The van der Waals surface area contributed by atoms with Crippen molar-refractivity contribution in [2.24, 2.45) is 17.1 Å². The topological polar surface area (TPSA) is 104 Å². The molecule has 6 heteroatoms. The number of nitrogens with two attached hydrogens (primary N) is 1. The lowest BCUT2D eigenvalue weighted by atomic mass is 10.0. The zero-order chi connectivity index (χ0) is 13.8. The minimum atomic E-state index is -0.694. The minimum absolute atomic E-state index is 0.0227. The van der Waals surface area contributed by atoms with Gasteiger partial charge in [-0.2, -0.15) is 0 Å². The number of hydrogen-bond acceptors (Lipinski definition) is 3. The molecule has 0 aromatic carbocycles. The summed E-state index contributed by atoms with van der Waals surface area (Å²) in [6, 6.07) is -1.30. The van der Waals surface area contributed by atoms with Crippen molar-refractivity contribution in [1.29, 1.82) is 0 Å².